The molecule has 30 heavy (non-hydrogen) atoms. The van der Waals surface area contributed by atoms with Crippen LogP contribution < -0.4 is 15.4 Å². The van der Waals surface area contributed by atoms with Gasteiger partial charge in [-0.05, 0) is 52.7 Å². The standard InChI is InChI=1S/C23H29BrN2O4/c1-3-4-5-8-14-30-21-12-11-17(16-19(21)24)22(27)26-20-10-7-6-9-18(20)23(28)25-13-15-29-2/h6-7,9-12,16H,3-5,8,13-15H2,1-2H3,(H,25,28)(H,26,27). The third kappa shape index (κ3) is 7.46. The zero-order valence-corrected chi connectivity index (χ0v) is 19.1. The van der Waals surface area contributed by atoms with Crippen molar-refractivity contribution in [3.8, 4) is 5.75 Å². The van der Waals surface area contributed by atoms with E-state index in [2.05, 4.69) is 33.5 Å². The molecule has 0 atom stereocenters. The first-order valence-electron chi connectivity index (χ1n) is 10.2. The summed E-state index contributed by atoms with van der Waals surface area (Å²) in [5.74, 6) is 0.138. The summed E-state index contributed by atoms with van der Waals surface area (Å²) >= 11 is 3.48. The Labute approximate surface area is 186 Å². The number of carbonyl (C=O) groups is 2. The van der Waals surface area contributed by atoms with E-state index in [0.29, 0.717) is 42.3 Å². The molecule has 0 saturated heterocycles. The van der Waals surface area contributed by atoms with Gasteiger partial charge in [0.15, 0.2) is 0 Å². The van der Waals surface area contributed by atoms with Crippen LogP contribution in [0, 0.1) is 0 Å². The van der Waals surface area contributed by atoms with E-state index in [4.69, 9.17) is 9.47 Å². The van der Waals surface area contributed by atoms with Gasteiger partial charge in [-0.15, -0.1) is 0 Å². The van der Waals surface area contributed by atoms with Gasteiger partial charge < -0.3 is 20.1 Å². The lowest BCUT2D eigenvalue weighted by molar-refractivity contribution is 0.0938. The summed E-state index contributed by atoms with van der Waals surface area (Å²) in [7, 11) is 1.57. The number of ether oxygens (including phenoxy) is 2. The van der Waals surface area contributed by atoms with Crippen molar-refractivity contribution in [3.05, 3.63) is 58.1 Å². The molecule has 6 nitrogen and oxygen atoms in total. The van der Waals surface area contributed by atoms with E-state index in [1.807, 2.05) is 0 Å². The number of benzene rings is 2. The third-order valence-electron chi connectivity index (χ3n) is 4.46. The number of unbranched alkanes of at least 4 members (excludes halogenated alkanes) is 3. The van der Waals surface area contributed by atoms with Crippen LogP contribution in [-0.2, 0) is 4.74 Å². The fourth-order valence-corrected chi connectivity index (χ4v) is 3.31. The second-order valence-electron chi connectivity index (χ2n) is 6.80. The second-order valence-corrected chi connectivity index (χ2v) is 7.66. The van der Waals surface area contributed by atoms with E-state index in [0.717, 1.165) is 17.3 Å². The molecule has 0 spiro atoms. The quantitative estimate of drug-likeness (QED) is 0.420. The fourth-order valence-electron chi connectivity index (χ4n) is 2.82. The summed E-state index contributed by atoms with van der Waals surface area (Å²) in [5.41, 5.74) is 1.31. The van der Waals surface area contributed by atoms with Gasteiger partial charge in [0.05, 0.1) is 28.9 Å². The fraction of sp³-hybridized carbons (Fsp3) is 0.391. The Bertz CT molecular complexity index is 842. The van der Waals surface area contributed by atoms with Crippen molar-refractivity contribution in [2.24, 2.45) is 0 Å². The van der Waals surface area contributed by atoms with Crippen LogP contribution >= 0.6 is 15.9 Å². The number of para-hydroxylation sites is 1. The molecule has 0 saturated carbocycles. The highest BCUT2D eigenvalue weighted by Gasteiger charge is 2.15. The predicted molar refractivity (Wildman–Crippen MR) is 122 cm³/mol. The largest absolute Gasteiger partial charge is 0.492 e. The van der Waals surface area contributed by atoms with Gasteiger partial charge in [-0.1, -0.05) is 38.3 Å². The van der Waals surface area contributed by atoms with Crippen molar-refractivity contribution in [3.63, 3.8) is 0 Å². The van der Waals surface area contributed by atoms with Gasteiger partial charge in [0.2, 0.25) is 0 Å². The number of carbonyl (C=O) groups excluding carboxylic acids is 2. The van der Waals surface area contributed by atoms with Crippen molar-refractivity contribution in [2.75, 3.05) is 32.2 Å². The molecule has 0 heterocycles. The van der Waals surface area contributed by atoms with Crippen LogP contribution in [0.3, 0.4) is 0 Å². The number of halogens is 1. The minimum absolute atomic E-state index is 0.268. The van der Waals surface area contributed by atoms with Crippen LogP contribution in [0.1, 0.15) is 53.3 Å². The van der Waals surface area contributed by atoms with Gasteiger partial charge in [0.25, 0.3) is 11.8 Å². The minimum atomic E-state index is -0.303. The molecule has 0 aliphatic rings. The second kappa shape index (κ2) is 13.0. The van der Waals surface area contributed by atoms with Crippen LogP contribution in [0.5, 0.6) is 5.75 Å². The van der Waals surface area contributed by atoms with Gasteiger partial charge in [-0.25, -0.2) is 0 Å². The first-order chi connectivity index (χ1) is 14.6. The normalized spacial score (nSPS) is 10.5. The van der Waals surface area contributed by atoms with E-state index in [9.17, 15) is 9.59 Å². The Hall–Kier alpha value is -2.38. The van der Waals surface area contributed by atoms with Gasteiger partial charge in [-0.3, -0.25) is 9.59 Å². The monoisotopic (exact) mass is 476 g/mol. The van der Waals surface area contributed by atoms with E-state index in [1.54, 1.807) is 49.6 Å². The molecule has 7 heteroatoms. The van der Waals surface area contributed by atoms with Crippen molar-refractivity contribution < 1.29 is 19.1 Å². The summed E-state index contributed by atoms with van der Waals surface area (Å²) in [6.45, 7) is 3.63. The molecule has 2 N–H and O–H groups in total. The van der Waals surface area contributed by atoms with Gasteiger partial charge in [-0.2, -0.15) is 0 Å². The lowest BCUT2D eigenvalue weighted by Gasteiger charge is -2.13. The molecule has 2 rings (SSSR count). The molecule has 0 aliphatic carbocycles. The zero-order valence-electron chi connectivity index (χ0n) is 17.5. The maximum Gasteiger partial charge on any atom is 0.255 e. The highest BCUT2D eigenvalue weighted by atomic mass is 79.9. The number of hydrogen-bond donors (Lipinski definition) is 2. The van der Waals surface area contributed by atoms with Gasteiger partial charge >= 0.3 is 0 Å². The van der Waals surface area contributed by atoms with Crippen molar-refractivity contribution >= 4 is 33.4 Å². The van der Waals surface area contributed by atoms with Gasteiger partial charge in [0, 0.05) is 19.2 Å². The molecule has 2 aromatic carbocycles. The topological polar surface area (TPSA) is 76.7 Å². The SMILES string of the molecule is CCCCCCOc1ccc(C(=O)Nc2ccccc2C(=O)NCCOC)cc1Br. The number of anilines is 1. The van der Waals surface area contributed by atoms with Crippen molar-refractivity contribution in [1.29, 1.82) is 0 Å². The Morgan fingerprint density at radius 1 is 1.00 bits per heavy atom. The van der Waals surface area contributed by atoms with Crippen molar-refractivity contribution in [2.45, 2.75) is 32.6 Å². The Kier molecular flexibility index (Phi) is 10.4. The summed E-state index contributed by atoms with van der Waals surface area (Å²) in [6, 6.07) is 12.1. The smallest absolute Gasteiger partial charge is 0.255 e. The van der Waals surface area contributed by atoms with Crippen LogP contribution in [0.25, 0.3) is 0 Å². The molecule has 2 aromatic rings. The molecule has 0 fully saturated rings. The van der Waals surface area contributed by atoms with E-state index < -0.39 is 0 Å². The number of rotatable bonds is 12. The maximum absolute atomic E-state index is 12.7. The average Bonchev–Trinajstić information content (AvgIpc) is 2.75. The highest BCUT2D eigenvalue weighted by molar-refractivity contribution is 9.10. The molecular formula is C23H29BrN2O4. The van der Waals surface area contributed by atoms with Crippen LogP contribution in [0.15, 0.2) is 46.9 Å². The third-order valence-corrected chi connectivity index (χ3v) is 5.08. The molecule has 0 aromatic heterocycles. The Morgan fingerprint density at radius 3 is 2.53 bits per heavy atom. The van der Waals surface area contributed by atoms with E-state index in [1.165, 1.54) is 12.8 Å². The summed E-state index contributed by atoms with van der Waals surface area (Å²) in [6.07, 6.45) is 4.54. The number of amides is 2. The first-order valence-corrected chi connectivity index (χ1v) is 11.0. The molecular weight excluding hydrogens is 448 g/mol. The number of hydrogen-bond acceptors (Lipinski definition) is 4. The lowest BCUT2D eigenvalue weighted by Crippen LogP contribution is -2.28. The number of nitrogens with one attached hydrogen (secondary N) is 2. The zero-order chi connectivity index (χ0) is 21.8. The molecule has 0 radical (unpaired) electrons. The molecule has 0 unspecified atom stereocenters. The maximum atomic E-state index is 12.7. The minimum Gasteiger partial charge on any atom is -0.492 e. The summed E-state index contributed by atoms with van der Waals surface area (Å²) < 4.78 is 11.5. The average molecular weight is 477 g/mol. The highest BCUT2D eigenvalue weighted by Crippen LogP contribution is 2.27. The Balaban J connectivity index is 2.01. The summed E-state index contributed by atoms with van der Waals surface area (Å²) in [4.78, 5) is 25.1. The van der Waals surface area contributed by atoms with E-state index in [-0.39, 0.29) is 11.8 Å². The van der Waals surface area contributed by atoms with E-state index >= 15 is 0 Å². The Morgan fingerprint density at radius 2 is 1.80 bits per heavy atom. The van der Waals surface area contributed by atoms with Crippen LogP contribution in [0.2, 0.25) is 0 Å². The first kappa shape index (κ1) is 23.9. The number of methoxy groups -OCH3 is 1. The van der Waals surface area contributed by atoms with Crippen molar-refractivity contribution in [1.82, 2.24) is 5.32 Å². The molecule has 0 bridgehead atoms. The van der Waals surface area contributed by atoms with Crippen LogP contribution in [-0.4, -0.2) is 38.7 Å². The molecule has 2 amide bonds. The molecule has 0 aliphatic heterocycles. The summed E-state index contributed by atoms with van der Waals surface area (Å²) in [5, 5.41) is 5.58. The van der Waals surface area contributed by atoms with Crippen LogP contribution in [0.4, 0.5) is 5.69 Å². The predicted octanol–water partition coefficient (Wildman–Crippen LogP) is 5.04. The lowest BCUT2D eigenvalue weighted by atomic mass is 10.1. The van der Waals surface area contributed by atoms with Gasteiger partial charge in [0.1, 0.15) is 5.75 Å². The molecule has 162 valence electrons.